The van der Waals surface area contributed by atoms with Crippen molar-refractivity contribution in [2.24, 2.45) is 5.92 Å². The van der Waals surface area contributed by atoms with Crippen molar-refractivity contribution >= 4 is 16.8 Å². The van der Waals surface area contributed by atoms with Gasteiger partial charge in [-0.3, -0.25) is 4.79 Å². The summed E-state index contributed by atoms with van der Waals surface area (Å²) in [5.74, 6) is 0.490. The molecule has 1 aromatic heterocycles. The van der Waals surface area contributed by atoms with Crippen LogP contribution in [0.25, 0.3) is 10.9 Å². The van der Waals surface area contributed by atoms with E-state index in [0.717, 1.165) is 18.5 Å². The van der Waals surface area contributed by atoms with Crippen molar-refractivity contribution in [3.63, 3.8) is 0 Å². The second-order valence-electron chi connectivity index (χ2n) is 6.13. The van der Waals surface area contributed by atoms with Gasteiger partial charge in [-0.2, -0.15) is 0 Å². The molecule has 1 saturated heterocycles. The number of ether oxygens (including phenoxy) is 2. The highest BCUT2D eigenvalue weighted by Gasteiger charge is 2.22. The Hall–Kier alpha value is -1.85. The van der Waals surface area contributed by atoms with E-state index >= 15 is 0 Å². The van der Waals surface area contributed by atoms with Crippen LogP contribution in [0.4, 0.5) is 0 Å². The van der Waals surface area contributed by atoms with Crippen LogP contribution in [0.3, 0.4) is 0 Å². The Morgan fingerprint density at radius 1 is 1.43 bits per heavy atom. The van der Waals surface area contributed by atoms with Gasteiger partial charge in [-0.25, -0.2) is 0 Å². The minimum atomic E-state index is 0.156. The third kappa shape index (κ3) is 4.12. The molecule has 5 nitrogen and oxygen atoms in total. The number of aromatic amines is 1. The van der Waals surface area contributed by atoms with Crippen molar-refractivity contribution in [1.82, 2.24) is 9.88 Å². The molecule has 2 heterocycles. The number of nitrogens with one attached hydrogen (secondary N) is 1. The van der Waals surface area contributed by atoms with E-state index in [1.807, 2.05) is 11.1 Å². The van der Waals surface area contributed by atoms with E-state index in [1.165, 1.54) is 10.9 Å². The minimum absolute atomic E-state index is 0.156. The van der Waals surface area contributed by atoms with Crippen LogP contribution in [0.2, 0.25) is 0 Å². The fraction of sp³-hybridized carbons (Fsp3) is 0.500. The first kappa shape index (κ1) is 16.0. The smallest absolute Gasteiger partial charge is 0.224 e. The van der Waals surface area contributed by atoms with Crippen molar-refractivity contribution < 1.29 is 14.3 Å². The van der Waals surface area contributed by atoms with Crippen LogP contribution in [-0.2, 0) is 20.7 Å². The Morgan fingerprint density at radius 3 is 3.22 bits per heavy atom. The number of amides is 1. The quantitative estimate of drug-likeness (QED) is 0.920. The molecule has 1 aliphatic rings. The van der Waals surface area contributed by atoms with E-state index in [9.17, 15) is 4.79 Å². The summed E-state index contributed by atoms with van der Waals surface area (Å²) in [7, 11) is 1.62. The molecule has 1 fully saturated rings. The molecule has 5 heteroatoms. The second kappa shape index (κ2) is 7.62. The van der Waals surface area contributed by atoms with Gasteiger partial charge in [0, 0.05) is 37.8 Å². The van der Waals surface area contributed by atoms with Gasteiger partial charge in [0.05, 0.1) is 26.2 Å². The van der Waals surface area contributed by atoms with Crippen LogP contribution in [0.1, 0.15) is 12.0 Å². The van der Waals surface area contributed by atoms with Gasteiger partial charge in [0.2, 0.25) is 5.91 Å². The van der Waals surface area contributed by atoms with Crippen LogP contribution >= 0.6 is 0 Å². The first-order chi connectivity index (χ1) is 11.3. The number of fused-ring (bicyclic) bond motifs is 1. The zero-order chi connectivity index (χ0) is 16.1. The number of carbonyl (C=O) groups is 1. The lowest BCUT2D eigenvalue weighted by Gasteiger charge is -2.23. The summed E-state index contributed by atoms with van der Waals surface area (Å²) in [6, 6.07) is 8.57. The lowest BCUT2D eigenvalue weighted by atomic mass is 9.98. The monoisotopic (exact) mass is 316 g/mol. The molecule has 0 unspecified atom stereocenters. The average molecular weight is 316 g/mol. The largest absolute Gasteiger partial charge is 0.384 e. The molecule has 0 radical (unpaired) electrons. The minimum Gasteiger partial charge on any atom is -0.384 e. The molecule has 3 rings (SSSR count). The fourth-order valence-corrected chi connectivity index (χ4v) is 3.14. The number of benzene rings is 1. The predicted molar refractivity (Wildman–Crippen MR) is 89.4 cm³/mol. The molecule has 1 amide bonds. The normalized spacial score (nSPS) is 19.0. The molecule has 0 bridgehead atoms. The van der Waals surface area contributed by atoms with Gasteiger partial charge < -0.3 is 19.4 Å². The highest BCUT2D eigenvalue weighted by Crippen LogP contribution is 2.19. The number of hydrogen-bond donors (Lipinski definition) is 1. The topological polar surface area (TPSA) is 54.6 Å². The standard InChI is InChI=1S/C18H24N2O3/c1-22-8-5-18(21)20-7-9-23-13-15(12-20)10-14-2-3-17-16(11-14)4-6-19-17/h2-4,6,11,15,19H,5,7-10,12-13H2,1H3/t15-/m1/s1. The van der Waals surface area contributed by atoms with Crippen molar-refractivity contribution in [3.05, 3.63) is 36.0 Å². The van der Waals surface area contributed by atoms with E-state index < -0.39 is 0 Å². The molecule has 1 aromatic carbocycles. The molecule has 2 aromatic rings. The molecule has 1 N–H and O–H groups in total. The second-order valence-corrected chi connectivity index (χ2v) is 6.13. The number of rotatable bonds is 5. The van der Waals surface area contributed by atoms with E-state index in [0.29, 0.717) is 38.7 Å². The predicted octanol–water partition coefficient (Wildman–Crippen LogP) is 2.22. The van der Waals surface area contributed by atoms with Crippen molar-refractivity contribution in [2.45, 2.75) is 12.8 Å². The third-order valence-corrected chi connectivity index (χ3v) is 4.35. The summed E-state index contributed by atoms with van der Waals surface area (Å²) >= 11 is 0. The van der Waals surface area contributed by atoms with Crippen LogP contribution in [-0.4, -0.2) is 55.8 Å². The number of carbonyl (C=O) groups excluding carboxylic acids is 1. The Bertz CT molecular complexity index is 653. The van der Waals surface area contributed by atoms with Gasteiger partial charge in [-0.15, -0.1) is 0 Å². The van der Waals surface area contributed by atoms with Gasteiger partial charge in [0.15, 0.2) is 0 Å². The first-order valence-electron chi connectivity index (χ1n) is 8.17. The lowest BCUT2D eigenvalue weighted by Crippen LogP contribution is -2.36. The Kier molecular flexibility index (Phi) is 5.31. The number of hydrogen-bond acceptors (Lipinski definition) is 3. The van der Waals surface area contributed by atoms with Gasteiger partial charge in [-0.05, 0) is 35.6 Å². The van der Waals surface area contributed by atoms with Gasteiger partial charge in [0.1, 0.15) is 0 Å². The van der Waals surface area contributed by atoms with Gasteiger partial charge in [0.25, 0.3) is 0 Å². The SMILES string of the molecule is COCCC(=O)N1CCOC[C@H](Cc2ccc3[nH]ccc3c2)C1. The number of nitrogens with zero attached hydrogens (tertiary/aromatic N) is 1. The summed E-state index contributed by atoms with van der Waals surface area (Å²) < 4.78 is 10.7. The fourth-order valence-electron chi connectivity index (χ4n) is 3.14. The summed E-state index contributed by atoms with van der Waals surface area (Å²) in [5, 5.41) is 1.23. The average Bonchev–Trinajstić information content (AvgIpc) is 2.90. The summed E-state index contributed by atoms with van der Waals surface area (Å²) in [6.45, 7) is 3.24. The van der Waals surface area contributed by atoms with Gasteiger partial charge in [-0.1, -0.05) is 6.07 Å². The zero-order valence-corrected chi connectivity index (χ0v) is 13.6. The van der Waals surface area contributed by atoms with Crippen LogP contribution in [0.15, 0.2) is 30.5 Å². The van der Waals surface area contributed by atoms with Crippen LogP contribution in [0.5, 0.6) is 0 Å². The molecule has 124 valence electrons. The molecule has 1 aliphatic heterocycles. The zero-order valence-electron chi connectivity index (χ0n) is 13.6. The van der Waals surface area contributed by atoms with E-state index in [4.69, 9.17) is 9.47 Å². The molecular weight excluding hydrogens is 292 g/mol. The van der Waals surface area contributed by atoms with E-state index in [1.54, 1.807) is 7.11 Å². The van der Waals surface area contributed by atoms with Crippen molar-refractivity contribution in [2.75, 3.05) is 40.0 Å². The molecule has 0 spiro atoms. The summed E-state index contributed by atoms with van der Waals surface area (Å²) in [5.41, 5.74) is 2.44. The van der Waals surface area contributed by atoms with E-state index in [-0.39, 0.29) is 5.91 Å². The molecular formula is C18H24N2O3. The maximum absolute atomic E-state index is 12.2. The highest BCUT2D eigenvalue weighted by molar-refractivity contribution is 5.80. The third-order valence-electron chi connectivity index (χ3n) is 4.35. The van der Waals surface area contributed by atoms with Crippen LogP contribution in [0, 0.1) is 5.92 Å². The van der Waals surface area contributed by atoms with Crippen LogP contribution < -0.4 is 0 Å². The highest BCUT2D eigenvalue weighted by atomic mass is 16.5. The first-order valence-corrected chi connectivity index (χ1v) is 8.17. The number of aromatic nitrogens is 1. The van der Waals surface area contributed by atoms with E-state index in [2.05, 4.69) is 29.2 Å². The number of methoxy groups -OCH3 is 1. The summed E-state index contributed by atoms with van der Waals surface area (Å²) in [4.78, 5) is 17.4. The molecule has 0 aliphatic carbocycles. The number of H-pyrrole nitrogens is 1. The van der Waals surface area contributed by atoms with Gasteiger partial charge >= 0.3 is 0 Å². The lowest BCUT2D eigenvalue weighted by molar-refractivity contribution is -0.132. The van der Waals surface area contributed by atoms with Crippen molar-refractivity contribution in [1.29, 1.82) is 0 Å². The maximum Gasteiger partial charge on any atom is 0.224 e. The Labute approximate surface area is 136 Å². The van der Waals surface area contributed by atoms with Crippen molar-refractivity contribution in [3.8, 4) is 0 Å². The Balaban J connectivity index is 1.64. The molecule has 1 atom stereocenters. The summed E-state index contributed by atoms with van der Waals surface area (Å²) in [6.07, 6.45) is 3.33. The Morgan fingerprint density at radius 2 is 2.35 bits per heavy atom. The molecule has 23 heavy (non-hydrogen) atoms. The molecule has 0 saturated carbocycles. The maximum atomic E-state index is 12.2.